The predicted octanol–water partition coefficient (Wildman–Crippen LogP) is 3.51. The number of ketones is 1. The maximum atomic E-state index is 14.3. The molecular weight excluding hydrogens is 695 g/mol. The number of ether oxygens (including phenoxy) is 1. The largest absolute Gasteiger partial charge is 0.444 e. The highest BCUT2D eigenvalue weighted by Gasteiger charge is 2.53. The molecule has 3 unspecified atom stereocenters. The molecule has 0 radical (unpaired) electrons. The van der Waals surface area contributed by atoms with E-state index >= 15 is 0 Å². The van der Waals surface area contributed by atoms with E-state index in [1.54, 1.807) is 44.3 Å². The lowest BCUT2D eigenvalue weighted by molar-refractivity contribution is -0.144. The lowest BCUT2D eigenvalue weighted by Gasteiger charge is -2.36. The van der Waals surface area contributed by atoms with E-state index in [9.17, 15) is 33.9 Å². The molecule has 15 heteroatoms. The van der Waals surface area contributed by atoms with E-state index in [0.29, 0.717) is 25.2 Å². The number of Topliss-reactive ketones (excluding diaryl/α,β-unsaturated/α-hetero) is 1. The van der Waals surface area contributed by atoms with Gasteiger partial charge < -0.3 is 36.0 Å². The van der Waals surface area contributed by atoms with E-state index < -0.39 is 81.3 Å². The fourth-order valence-electron chi connectivity index (χ4n) is 6.89. The van der Waals surface area contributed by atoms with Crippen LogP contribution < -0.4 is 21.3 Å². The third-order valence-corrected chi connectivity index (χ3v) is 12.8. The van der Waals surface area contributed by atoms with Crippen LogP contribution in [-0.2, 0) is 28.7 Å². The van der Waals surface area contributed by atoms with Crippen LogP contribution in [0.5, 0.6) is 0 Å². The molecule has 0 bridgehead atoms. The molecule has 5 amide bonds. The fraction of sp³-hybridized carbons (Fsp3) is 0.833. The second-order valence-corrected chi connectivity index (χ2v) is 19.4. The summed E-state index contributed by atoms with van der Waals surface area (Å²) < 4.78 is 5.03. The molecule has 3 aliphatic rings. The highest BCUT2D eigenvalue weighted by molar-refractivity contribution is 8.18. The smallest absolute Gasteiger partial charge is 0.408 e. The fourth-order valence-corrected chi connectivity index (χ4v) is 10.2. The Morgan fingerprint density at radius 3 is 2.14 bits per heavy atom. The summed E-state index contributed by atoms with van der Waals surface area (Å²) in [5.74, 6) is -1.18. The summed E-state index contributed by atoms with van der Waals surface area (Å²) in [5, 5.41) is 20.5. The molecule has 2 saturated heterocycles. The van der Waals surface area contributed by atoms with Crippen molar-refractivity contribution in [1.29, 1.82) is 0 Å². The topological polar surface area (TPSA) is 183 Å². The number of aliphatic hydroxyl groups excluding tert-OH is 1. The standard InChI is InChI=1S/C36H61N5O8S2/c1-8-13-25(28(44)31(46)37-20-27(43)38-24(21-42)18-23-14-10-9-11-15-23)39-30(45)26-19-36(50-16-12-17-51-36)22-41(26)32(47)29(34(2,3)4)40-33(48)49-35(5,6)7/h23-26,29,42H,8-22H2,1-7H3,(H,37,46)(H,38,43)(H,39,45)(H,40,48)/t24?,25?,26-,29?/m0/s1. The molecule has 13 nitrogen and oxygen atoms in total. The monoisotopic (exact) mass is 755 g/mol. The number of thioether (sulfide) groups is 2. The summed E-state index contributed by atoms with van der Waals surface area (Å²) in [4.78, 5) is 81.7. The van der Waals surface area contributed by atoms with Crippen molar-refractivity contribution in [3.63, 3.8) is 0 Å². The highest BCUT2D eigenvalue weighted by Crippen LogP contribution is 2.50. The average Bonchev–Trinajstić information content (AvgIpc) is 3.43. The van der Waals surface area contributed by atoms with Gasteiger partial charge in [0.15, 0.2) is 0 Å². The van der Waals surface area contributed by atoms with Gasteiger partial charge in [0.25, 0.3) is 5.91 Å². The van der Waals surface area contributed by atoms with Gasteiger partial charge in [-0.05, 0) is 62.9 Å². The maximum Gasteiger partial charge on any atom is 0.408 e. The Morgan fingerprint density at radius 1 is 0.922 bits per heavy atom. The first-order valence-electron chi connectivity index (χ1n) is 18.5. The Bertz CT molecular complexity index is 1240. The third kappa shape index (κ3) is 13.1. The Balaban J connectivity index is 1.71. The number of alkyl carbamates (subject to hydrolysis) is 1. The molecule has 4 atom stereocenters. The minimum Gasteiger partial charge on any atom is -0.444 e. The maximum absolute atomic E-state index is 14.3. The van der Waals surface area contributed by atoms with E-state index in [0.717, 1.165) is 43.6 Å². The van der Waals surface area contributed by atoms with Gasteiger partial charge in [-0.15, -0.1) is 23.5 Å². The quantitative estimate of drug-likeness (QED) is 0.165. The van der Waals surface area contributed by atoms with Crippen molar-refractivity contribution in [2.45, 2.75) is 147 Å². The lowest BCUT2D eigenvalue weighted by atomic mass is 9.85. The van der Waals surface area contributed by atoms with Gasteiger partial charge in [0, 0.05) is 13.0 Å². The molecule has 0 aromatic heterocycles. The number of aliphatic hydroxyl groups is 1. The second kappa shape index (κ2) is 19.0. The first kappa shape index (κ1) is 42.9. The second-order valence-electron chi connectivity index (χ2n) is 16.2. The minimum absolute atomic E-state index is 0.179. The number of amides is 5. The van der Waals surface area contributed by atoms with Crippen LogP contribution in [0.4, 0.5) is 4.79 Å². The van der Waals surface area contributed by atoms with Crippen LogP contribution in [0.1, 0.15) is 113 Å². The Labute approximate surface area is 312 Å². The van der Waals surface area contributed by atoms with E-state index in [2.05, 4.69) is 21.3 Å². The van der Waals surface area contributed by atoms with E-state index in [-0.39, 0.29) is 19.6 Å². The molecule has 1 spiro atoms. The zero-order chi connectivity index (χ0) is 38.0. The van der Waals surface area contributed by atoms with Crippen LogP contribution in [0.3, 0.4) is 0 Å². The van der Waals surface area contributed by atoms with Gasteiger partial charge >= 0.3 is 6.09 Å². The van der Waals surface area contributed by atoms with Crippen molar-refractivity contribution < 1.29 is 38.6 Å². The van der Waals surface area contributed by atoms with Crippen molar-refractivity contribution in [3.8, 4) is 0 Å². The number of carbonyl (C=O) groups excluding carboxylic acids is 6. The van der Waals surface area contributed by atoms with Crippen LogP contribution in [0.15, 0.2) is 0 Å². The SMILES string of the molecule is CCCC(NC(=O)[C@@H]1CC2(CN1C(=O)C(NC(=O)OC(C)(C)C)C(C)(C)C)SCCCS2)C(=O)C(=O)NCC(=O)NC(CO)CC1CCCCC1. The van der Waals surface area contributed by atoms with Crippen molar-refractivity contribution in [2.75, 3.05) is 31.2 Å². The van der Waals surface area contributed by atoms with Crippen LogP contribution in [0, 0.1) is 11.3 Å². The van der Waals surface area contributed by atoms with Crippen LogP contribution >= 0.6 is 23.5 Å². The van der Waals surface area contributed by atoms with E-state index in [4.69, 9.17) is 4.74 Å². The molecule has 2 heterocycles. The third-order valence-electron chi connectivity index (χ3n) is 9.44. The van der Waals surface area contributed by atoms with Crippen molar-refractivity contribution in [2.24, 2.45) is 11.3 Å². The van der Waals surface area contributed by atoms with Gasteiger partial charge in [0.05, 0.1) is 29.3 Å². The van der Waals surface area contributed by atoms with E-state index in [1.165, 1.54) is 11.3 Å². The summed E-state index contributed by atoms with van der Waals surface area (Å²) in [6.45, 7) is 12.1. The Kier molecular flexibility index (Phi) is 16.0. The molecule has 290 valence electrons. The number of rotatable bonds is 14. The zero-order valence-electron chi connectivity index (χ0n) is 31.6. The van der Waals surface area contributed by atoms with Gasteiger partial charge in [-0.3, -0.25) is 24.0 Å². The number of nitrogens with one attached hydrogen (secondary N) is 4. The first-order chi connectivity index (χ1) is 23.9. The van der Waals surface area contributed by atoms with Gasteiger partial charge in [-0.1, -0.05) is 66.2 Å². The minimum atomic E-state index is -1.17. The molecule has 1 saturated carbocycles. The number of carbonyl (C=O) groups is 6. The normalized spacial score (nSPS) is 21.3. The number of hydrogen-bond donors (Lipinski definition) is 5. The average molecular weight is 756 g/mol. The van der Waals surface area contributed by atoms with Gasteiger partial charge in [0.1, 0.15) is 17.7 Å². The molecule has 5 N–H and O–H groups in total. The van der Waals surface area contributed by atoms with Crippen molar-refractivity contribution >= 4 is 59.0 Å². The Hall–Kier alpha value is -2.52. The summed E-state index contributed by atoms with van der Waals surface area (Å²) in [7, 11) is 0. The van der Waals surface area contributed by atoms with Gasteiger partial charge in [-0.25, -0.2) is 4.79 Å². The van der Waals surface area contributed by atoms with Crippen molar-refractivity contribution in [1.82, 2.24) is 26.2 Å². The van der Waals surface area contributed by atoms with Crippen molar-refractivity contribution in [3.05, 3.63) is 0 Å². The van der Waals surface area contributed by atoms with Gasteiger partial charge in [-0.2, -0.15) is 0 Å². The molecule has 0 aromatic carbocycles. The van der Waals surface area contributed by atoms with Crippen LogP contribution in [0.2, 0.25) is 0 Å². The Morgan fingerprint density at radius 2 is 1.57 bits per heavy atom. The highest BCUT2D eigenvalue weighted by atomic mass is 32.2. The number of nitrogens with zero attached hydrogens (tertiary/aromatic N) is 1. The molecular formula is C36H61N5O8S2. The molecule has 0 aromatic rings. The summed E-state index contributed by atoms with van der Waals surface area (Å²) >= 11 is 3.43. The van der Waals surface area contributed by atoms with E-state index in [1.807, 2.05) is 27.7 Å². The summed E-state index contributed by atoms with van der Waals surface area (Å²) in [6.07, 6.45) is 7.54. The molecule has 1 aliphatic carbocycles. The van der Waals surface area contributed by atoms with Gasteiger partial charge in [0.2, 0.25) is 23.5 Å². The molecule has 3 fully saturated rings. The first-order valence-corrected chi connectivity index (χ1v) is 20.5. The predicted molar refractivity (Wildman–Crippen MR) is 200 cm³/mol. The lowest BCUT2D eigenvalue weighted by Crippen LogP contribution is -2.59. The number of hydrogen-bond acceptors (Lipinski definition) is 10. The molecule has 51 heavy (non-hydrogen) atoms. The number of likely N-dealkylation sites (tertiary alicyclic amines) is 1. The summed E-state index contributed by atoms with van der Waals surface area (Å²) in [5.41, 5.74) is -1.51. The molecule has 2 aliphatic heterocycles. The van der Waals surface area contributed by atoms with Crippen LogP contribution in [-0.4, -0.2) is 111 Å². The van der Waals surface area contributed by atoms with Crippen LogP contribution in [0.25, 0.3) is 0 Å². The molecule has 3 rings (SSSR count). The zero-order valence-corrected chi connectivity index (χ0v) is 33.2. The summed E-state index contributed by atoms with van der Waals surface area (Å²) in [6, 6.07) is -3.55.